The van der Waals surface area contributed by atoms with Crippen LogP contribution in [0.1, 0.15) is 54.2 Å². The fourth-order valence-corrected chi connectivity index (χ4v) is 3.80. The van der Waals surface area contributed by atoms with Crippen LogP contribution in [0.15, 0.2) is 24.3 Å². The molecule has 0 radical (unpaired) electrons. The minimum absolute atomic E-state index is 0.0447. The van der Waals surface area contributed by atoms with E-state index in [4.69, 9.17) is 4.74 Å². The molecule has 1 amide bonds. The van der Waals surface area contributed by atoms with Crippen LogP contribution in [0.3, 0.4) is 0 Å². The van der Waals surface area contributed by atoms with Crippen molar-refractivity contribution in [1.82, 2.24) is 9.88 Å². The number of pyridine rings is 1. The molecule has 0 aliphatic carbocycles. The maximum absolute atomic E-state index is 13.1. The molecule has 3 rings (SSSR count). The minimum Gasteiger partial charge on any atom is -0.466 e. The Morgan fingerprint density at radius 3 is 2.85 bits per heavy atom. The number of fused-ring (bicyclic) bond motifs is 1. The predicted octanol–water partition coefficient (Wildman–Crippen LogP) is 4.05. The second kappa shape index (κ2) is 8.51. The molecule has 144 valence electrons. The number of aryl methyl sites for hydroxylation is 2. The molecule has 2 heterocycles. The number of aromatic nitrogens is 1. The molecule has 1 saturated heterocycles. The molecule has 0 N–H and O–H groups in total. The molecule has 0 spiro atoms. The molecule has 1 fully saturated rings. The number of piperidine rings is 1. The molecular weight excluding hydrogens is 340 g/mol. The van der Waals surface area contributed by atoms with Crippen LogP contribution in [0.4, 0.5) is 0 Å². The van der Waals surface area contributed by atoms with Crippen molar-refractivity contribution in [3.63, 3.8) is 0 Å². The second-order valence-corrected chi connectivity index (χ2v) is 7.42. The molecule has 1 aromatic heterocycles. The van der Waals surface area contributed by atoms with E-state index in [0.717, 1.165) is 48.0 Å². The number of amides is 1. The molecule has 27 heavy (non-hydrogen) atoms. The fourth-order valence-electron chi connectivity index (χ4n) is 3.80. The second-order valence-electron chi connectivity index (χ2n) is 7.42. The largest absolute Gasteiger partial charge is 0.466 e. The Morgan fingerprint density at radius 1 is 1.26 bits per heavy atom. The highest BCUT2D eigenvalue weighted by Gasteiger charge is 2.26. The first-order valence-corrected chi connectivity index (χ1v) is 9.81. The van der Waals surface area contributed by atoms with Crippen LogP contribution in [0, 0.1) is 19.8 Å². The van der Waals surface area contributed by atoms with Gasteiger partial charge < -0.3 is 9.64 Å². The summed E-state index contributed by atoms with van der Waals surface area (Å²) in [5.74, 6) is 0.248. The molecule has 1 atom stereocenters. The number of benzene rings is 1. The molecule has 5 nitrogen and oxygen atoms in total. The molecule has 0 unspecified atom stereocenters. The Bertz CT molecular complexity index is 847. The van der Waals surface area contributed by atoms with Crippen LogP contribution >= 0.6 is 0 Å². The number of ether oxygens (including phenoxy) is 1. The van der Waals surface area contributed by atoms with Gasteiger partial charge in [0.15, 0.2) is 0 Å². The number of hydrogen-bond donors (Lipinski definition) is 0. The van der Waals surface area contributed by atoms with Gasteiger partial charge in [-0.15, -0.1) is 0 Å². The van der Waals surface area contributed by atoms with Crippen molar-refractivity contribution >= 4 is 22.8 Å². The average Bonchev–Trinajstić information content (AvgIpc) is 2.66. The van der Waals surface area contributed by atoms with E-state index in [-0.39, 0.29) is 11.9 Å². The molecule has 0 saturated carbocycles. The quantitative estimate of drug-likeness (QED) is 0.747. The Morgan fingerprint density at radius 2 is 2.07 bits per heavy atom. The van der Waals surface area contributed by atoms with Gasteiger partial charge in [0.2, 0.25) is 0 Å². The maximum atomic E-state index is 13.1. The smallest absolute Gasteiger partial charge is 0.305 e. The van der Waals surface area contributed by atoms with Crippen LogP contribution < -0.4 is 0 Å². The van der Waals surface area contributed by atoms with Crippen LogP contribution in [-0.4, -0.2) is 41.5 Å². The number of esters is 1. The Balaban J connectivity index is 1.71. The summed E-state index contributed by atoms with van der Waals surface area (Å²) in [6.07, 6.45) is 3.23. The highest BCUT2D eigenvalue weighted by molar-refractivity contribution is 5.98. The van der Waals surface area contributed by atoms with Gasteiger partial charge in [0, 0.05) is 24.9 Å². The van der Waals surface area contributed by atoms with Gasteiger partial charge in [0.05, 0.1) is 23.4 Å². The zero-order valence-corrected chi connectivity index (χ0v) is 16.5. The third-order valence-electron chi connectivity index (χ3n) is 5.26. The first-order chi connectivity index (χ1) is 13.0. The Kier molecular flexibility index (Phi) is 6.09. The summed E-state index contributed by atoms with van der Waals surface area (Å²) in [4.78, 5) is 31.3. The van der Waals surface area contributed by atoms with Crippen molar-refractivity contribution in [2.45, 2.75) is 46.5 Å². The van der Waals surface area contributed by atoms with E-state index in [0.29, 0.717) is 31.1 Å². The molecule has 5 heteroatoms. The lowest BCUT2D eigenvalue weighted by Gasteiger charge is -2.33. The van der Waals surface area contributed by atoms with Gasteiger partial charge >= 0.3 is 5.97 Å². The molecule has 0 bridgehead atoms. The van der Waals surface area contributed by atoms with Gasteiger partial charge in [-0.2, -0.15) is 0 Å². The summed E-state index contributed by atoms with van der Waals surface area (Å²) < 4.78 is 5.01. The van der Waals surface area contributed by atoms with Crippen molar-refractivity contribution < 1.29 is 14.3 Å². The zero-order chi connectivity index (χ0) is 19.4. The molecular formula is C22H28N2O3. The number of rotatable bonds is 5. The van der Waals surface area contributed by atoms with E-state index in [1.807, 2.05) is 49.9 Å². The average molecular weight is 368 g/mol. The lowest BCUT2D eigenvalue weighted by Crippen LogP contribution is -2.40. The topological polar surface area (TPSA) is 59.5 Å². The number of carbonyl (C=O) groups excluding carboxylic acids is 2. The lowest BCUT2D eigenvalue weighted by molar-refractivity contribution is -0.143. The monoisotopic (exact) mass is 368 g/mol. The van der Waals surface area contributed by atoms with E-state index in [1.165, 1.54) is 0 Å². The minimum atomic E-state index is -0.147. The molecule has 1 aliphatic heterocycles. The number of carbonyl (C=O) groups is 2. The SMILES string of the molecule is CCOC(=O)CC[C@@H]1CCCN(C(=O)c2cc3ccc(C)cc3nc2C)C1. The number of nitrogens with zero attached hydrogens (tertiary/aromatic N) is 2. The van der Waals surface area contributed by atoms with Gasteiger partial charge in [-0.1, -0.05) is 12.1 Å². The maximum Gasteiger partial charge on any atom is 0.305 e. The molecule has 1 aliphatic rings. The van der Waals surface area contributed by atoms with Crippen molar-refractivity contribution in [3.8, 4) is 0 Å². The van der Waals surface area contributed by atoms with E-state index in [9.17, 15) is 9.59 Å². The number of likely N-dealkylation sites (tertiary alicyclic amines) is 1. The zero-order valence-electron chi connectivity index (χ0n) is 16.5. The third-order valence-corrected chi connectivity index (χ3v) is 5.26. The molecule has 2 aromatic rings. The van der Waals surface area contributed by atoms with E-state index in [1.54, 1.807) is 0 Å². The lowest BCUT2D eigenvalue weighted by atomic mass is 9.93. The van der Waals surface area contributed by atoms with Gasteiger partial charge in [-0.25, -0.2) is 0 Å². The van der Waals surface area contributed by atoms with Gasteiger partial charge in [0.25, 0.3) is 5.91 Å². The van der Waals surface area contributed by atoms with E-state index in [2.05, 4.69) is 4.98 Å². The predicted molar refractivity (Wildman–Crippen MR) is 106 cm³/mol. The summed E-state index contributed by atoms with van der Waals surface area (Å²) in [6.45, 7) is 7.64. The van der Waals surface area contributed by atoms with Crippen LogP contribution in [-0.2, 0) is 9.53 Å². The summed E-state index contributed by atoms with van der Waals surface area (Å²) in [5, 5.41) is 0.991. The Hall–Kier alpha value is -2.43. The Labute approximate surface area is 160 Å². The van der Waals surface area contributed by atoms with E-state index < -0.39 is 0 Å². The third kappa shape index (κ3) is 4.65. The van der Waals surface area contributed by atoms with Crippen LogP contribution in [0.5, 0.6) is 0 Å². The highest BCUT2D eigenvalue weighted by Crippen LogP contribution is 2.25. The summed E-state index contributed by atoms with van der Waals surface area (Å²) in [6, 6.07) is 8.07. The van der Waals surface area contributed by atoms with Crippen LogP contribution in [0.2, 0.25) is 0 Å². The number of hydrogen-bond acceptors (Lipinski definition) is 4. The van der Waals surface area contributed by atoms with Gasteiger partial charge in [-0.3, -0.25) is 14.6 Å². The fraction of sp³-hybridized carbons (Fsp3) is 0.500. The normalized spacial score (nSPS) is 17.1. The summed E-state index contributed by atoms with van der Waals surface area (Å²) >= 11 is 0. The van der Waals surface area contributed by atoms with Gasteiger partial charge in [0.1, 0.15) is 0 Å². The van der Waals surface area contributed by atoms with Crippen molar-refractivity contribution in [2.75, 3.05) is 19.7 Å². The van der Waals surface area contributed by atoms with Gasteiger partial charge in [-0.05, 0) is 63.6 Å². The molecule has 1 aromatic carbocycles. The highest BCUT2D eigenvalue weighted by atomic mass is 16.5. The van der Waals surface area contributed by atoms with Crippen molar-refractivity contribution in [3.05, 3.63) is 41.1 Å². The van der Waals surface area contributed by atoms with Crippen LogP contribution in [0.25, 0.3) is 10.9 Å². The standard InChI is InChI=1S/C22H28N2O3/c1-4-27-21(25)10-8-17-6-5-11-24(14-17)22(26)19-13-18-9-7-15(2)12-20(18)23-16(19)3/h7,9,12-13,17H,4-6,8,10-11,14H2,1-3H3/t17-/m0/s1. The summed E-state index contributed by atoms with van der Waals surface area (Å²) in [7, 11) is 0. The van der Waals surface area contributed by atoms with E-state index >= 15 is 0 Å². The summed E-state index contributed by atoms with van der Waals surface area (Å²) in [5.41, 5.74) is 3.54. The van der Waals surface area contributed by atoms with Crippen molar-refractivity contribution in [1.29, 1.82) is 0 Å². The first-order valence-electron chi connectivity index (χ1n) is 9.81. The first kappa shape index (κ1) is 19.3. The van der Waals surface area contributed by atoms with Crippen molar-refractivity contribution in [2.24, 2.45) is 5.92 Å².